The first-order chi connectivity index (χ1) is 15.8. The van der Waals surface area contributed by atoms with Crippen LogP contribution in [0.5, 0.6) is 0 Å². The number of aromatic nitrogens is 2. The lowest BCUT2D eigenvalue weighted by atomic mass is 10.1. The SMILES string of the molecule is C=CCNS(=O)(=O)Cc1ccc(NC(=O)c2cnn(-c3ccc(C)c(Cl)c3)c2C2CC2)cc1. The maximum Gasteiger partial charge on any atom is 0.259 e. The summed E-state index contributed by atoms with van der Waals surface area (Å²) >= 11 is 6.30. The van der Waals surface area contributed by atoms with Gasteiger partial charge in [-0.3, -0.25) is 4.79 Å². The van der Waals surface area contributed by atoms with Crippen molar-refractivity contribution in [1.29, 1.82) is 0 Å². The van der Waals surface area contributed by atoms with Gasteiger partial charge in [-0.2, -0.15) is 5.10 Å². The van der Waals surface area contributed by atoms with Gasteiger partial charge >= 0.3 is 0 Å². The molecular formula is C24H25ClN4O3S. The number of halogens is 1. The second-order valence-electron chi connectivity index (χ2n) is 8.11. The minimum Gasteiger partial charge on any atom is -0.322 e. The molecule has 9 heteroatoms. The summed E-state index contributed by atoms with van der Waals surface area (Å²) in [5.41, 5.74) is 4.40. The highest BCUT2D eigenvalue weighted by molar-refractivity contribution is 7.88. The summed E-state index contributed by atoms with van der Waals surface area (Å²) < 4.78 is 28.3. The predicted molar refractivity (Wildman–Crippen MR) is 131 cm³/mol. The number of carbonyl (C=O) groups is 1. The summed E-state index contributed by atoms with van der Waals surface area (Å²) in [5.74, 6) is -0.120. The minimum absolute atomic E-state index is 0.146. The molecule has 1 amide bonds. The smallest absolute Gasteiger partial charge is 0.259 e. The molecule has 0 bridgehead atoms. The van der Waals surface area contributed by atoms with Crippen molar-refractivity contribution in [2.45, 2.75) is 31.4 Å². The van der Waals surface area contributed by atoms with Crippen LogP contribution in [-0.2, 0) is 15.8 Å². The lowest BCUT2D eigenvalue weighted by Crippen LogP contribution is -2.25. The lowest BCUT2D eigenvalue weighted by molar-refractivity contribution is 0.102. The Bertz CT molecular complexity index is 1300. The molecule has 0 spiro atoms. The fourth-order valence-electron chi connectivity index (χ4n) is 3.54. The highest BCUT2D eigenvalue weighted by Gasteiger charge is 2.33. The number of nitrogens with one attached hydrogen (secondary N) is 2. The Labute approximate surface area is 198 Å². The van der Waals surface area contributed by atoms with Crippen LogP contribution in [0.3, 0.4) is 0 Å². The number of carbonyl (C=O) groups excluding carboxylic acids is 1. The van der Waals surface area contributed by atoms with Crippen LogP contribution in [0.1, 0.15) is 45.9 Å². The predicted octanol–water partition coefficient (Wildman–Crippen LogP) is 4.57. The zero-order valence-electron chi connectivity index (χ0n) is 18.2. The first kappa shape index (κ1) is 23.2. The topological polar surface area (TPSA) is 93.1 Å². The van der Waals surface area contributed by atoms with E-state index in [0.29, 0.717) is 21.8 Å². The highest BCUT2D eigenvalue weighted by Crippen LogP contribution is 2.42. The maximum atomic E-state index is 13.1. The van der Waals surface area contributed by atoms with Gasteiger partial charge < -0.3 is 5.32 Å². The summed E-state index contributed by atoms with van der Waals surface area (Å²) in [5, 5.41) is 8.02. The van der Waals surface area contributed by atoms with E-state index in [1.807, 2.05) is 25.1 Å². The molecule has 2 aromatic carbocycles. The van der Waals surface area contributed by atoms with Gasteiger partial charge in [0.2, 0.25) is 10.0 Å². The number of rotatable bonds is 9. The minimum atomic E-state index is -3.44. The number of amides is 1. The average molecular weight is 485 g/mol. The maximum absolute atomic E-state index is 13.1. The molecule has 0 radical (unpaired) electrons. The fourth-order valence-corrected chi connectivity index (χ4v) is 4.82. The zero-order chi connectivity index (χ0) is 23.6. The van der Waals surface area contributed by atoms with E-state index in [4.69, 9.17) is 11.6 Å². The van der Waals surface area contributed by atoms with Crippen LogP contribution in [0, 0.1) is 6.92 Å². The molecule has 33 heavy (non-hydrogen) atoms. The fraction of sp³-hybridized carbons (Fsp3) is 0.250. The molecule has 4 rings (SSSR count). The van der Waals surface area contributed by atoms with Crippen LogP contribution in [0.4, 0.5) is 5.69 Å². The molecule has 172 valence electrons. The van der Waals surface area contributed by atoms with E-state index in [0.717, 1.165) is 29.8 Å². The van der Waals surface area contributed by atoms with E-state index in [1.165, 1.54) is 6.08 Å². The van der Waals surface area contributed by atoms with Crippen molar-refractivity contribution in [3.05, 3.63) is 88.7 Å². The number of sulfonamides is 1. The van der Waals surface area contributed by atoms with Crippen molar-refractivity contribution in [3.63, 3.8) is 0 Å². The second-order valence-corrected chi connectivity index (χ2v) is 10.3. The molecule has 1 aliphatic carbocycles. The van der Waals surface area contributed by atoms with Gasteiger partial charge in [0.05, 0.1) is 28.9 Å². The monoisotopic (exact) mass is 484 g/mol. The number of aryl methyl sites for hydroxylation is 1. The molecule has 3 aromatic rings. The van der Waals surface area contributed by atoms with E-state index in [9.17, 15) is 13.2 Å². The number of hydrogen-bond acceptors (Lipinski definition) is 4. The van der Waals surface area contributed by atoms with E-state index in [2.05, 4.69) is 21.7 Å². The molecule has 7 nitrogen and oxygen atoms in total. The van der Waals surface area contributed by atoms with Crippen molar-refractivity contribution in [2.24, 2.45) is 0 Å². The summed E-state index contributed by atoms with van der Waals surface area (Å²) in [6, 6.07) is 12.5. The van der Waals surface area contributed by atoms with Crippen LogP contribution in [0.15, 0.2) is 61.3 Å². The Morgan fingerprint density at radius 2 is 1.97 bits per heavy atom. The van der Waals surface area contributed by atoms with Crippen molar-refractivity contribution in [1.82, 2.24) is 14.5 Å². The van der Waals surface area contributed by atoms with Crippen LogP contribution in [-0.4, -0.2) is 30.7 Å². The number of nitrogens with zero attached hydrogens (tertiary/aromatic N) is 2. The van der Waals surface area contributed by atoms with Crippen molar-refractivity contribution in [2.75, 3.05) is 11.9 Å². The molecule has 2 N–H and O–H groups in total. The third-order valence-corrected chi connectivity index (χ3v) is 7.16. The summed E-state index contributed by atoms with van der Waals surface area (Å²) in [7, 11) is -3.44. The standard InChI is InChI=1S/C24H25ClN4O3S/c1-3-12-27-33(31,32)15-17-5-9-19(10-6-17)28-24(30)21-14-26-29(23(21)18-7-8-18)20-11-4-16(2)22(25)13-20/h3-6,9-11,13-14,18,27H,1,7-8,12,15H2,2H3,(H,28,30). The van der Waals surface area contributed by atoms with Crippen LogP contribution >= 0.6 is 11.6 Å². The Morgan fingerprint density at radius 1 is 1.24 bits per heavy atom. The Balaban J connectivity index is 1.51. The lowest BCUT2D eigenvalue weighted by Gasteiger charge is -2.11. The van der Waals surface area contributed by atoms with E-state index in [1.54, 1.807) is 35.1 Å². The average Bonchev–Trinajstić information content (AvgIpc) is 3.53. The summed E-state index contributed by atoms with van der Waals surface area (Å²) in [6.07, 6.45) is 5.09. The van der Waals surface area contributed by atoms with Gasteiger partial charge in [-0.15, -0.1) is 6.58 Å². The van der Waals surface area contributed by atoms with Crippen molar-refractivity contribution < 1.29 is 13.2 Å². The summed E-state index contributed by atoms with van der Waals surface area (Å²) in [6.45, 7) is 5.62. The molecule has 1 aliphatic rings. The molecule has 0 unspecified atom stereocenters. The van der Waals surface area contributed by atoms with Gasteiger partial charge in [0, 0.05) is 23.2 Å². The number of hydrogen-bond donors (Lipinski definition) is 2. The third kappa shape index (κ3) is 5.52. The molecule has 0 saturated heterocycles. The molecule has 1 fully saturated rings. The molecular weight excluding hydrogens is 460 g/mol. The molecule has 1 aromatic heterocycles. The largest absolute Gasteiger partial charge is 0.322 e. The van der Waals surface area contributed by atoms with E-state index >= 15 is 0 Å². The zero-order valence-corrected chi connectivity index (χ0v) is 19.8. The normalized spacial score (nSPS) is 13.6. The molecule has 0 atom stereocenters. The Morgan fingerprint density at radius 3 is 2.61 bits per heavy atom. The first-order valence-corrected chi connectivity index (χ1v) is 12.6. The number of anilines is 1. The van der Waals surface area contributed by atoms with Crippen LogP contribution in [0.2, 0.25) is 5.02 Å². The Kier molecular flexibility index (Phi) is 6.69. The number of benzene rings is 2. The Hall–Kier alpha value is -2.94. The van der Waals surface area contributed by atoms with E-state index in [-0.39, 0.29) is 24.1 Å². The molecule has 0 aliphatic heterocycles. The summed E-state index contributed by atoms with van der Waals surface area (Å²) in [4.78, 5) is 13.1. The van der Waals surface area contributed by atoms with Gasteiger partial charge in [0.1, 0.15) is 0 Å². The van der Waals surface area contributed by atoms with Gasteiger partial charge in [-0.05, 0) is 55.2 Å². The highest BCUT2D eigenvalue weighted by atomic mass is 35.5. The van der Waals surface area contributed by atoms with E-state index < -0.39 is 10.0 Å². The van der Waals surface area contributed by atoms with Gasteiger partial charge in [0.15, 0.2) is 0 Å². The third-order valence-electron chi connectivity index (χ3n) is 5.43. The van der Waals surface area contributed by atoms with Crippen LogP contribution < -0.4 is 10.0 Å². The van der Waals surface area contributed by atoms with Gasteiger partial charge in [-0.1, -0.05) is 35.9 Å². The van der Waals surface area contributed by atoms with Gasteiger partial charge in [0.25, 0.3) is 5.91 Å². The molecule has 1 heterocycles. The second kappa shape index (κ2) is 9.51. The first-order valence-electron chi connectivity index (χ1n) is 10.6. The van der Waals surface area contributed by atoms with Crippen molar-refractivity contribution in [3.8, 4) is 5.69 Å². The molecule has 1 saturated carbocycles. The van der Waals surface area contributed by atoms with Crippen molar-refractivity contribution >= 4 is 33.2 Å². The quantitative estimate of drug-likeness (QED) is 0.435. The van der Waals surface area contributed by atoms with Crippen LogP contribution in [0.25, 0.3) is 5.69 Å². The van der Waals surface area contributed by atoms with Gasteiger partial charge in [-0.25, -0.2) is 17.8 Å².